The number of benzene rings is 1. The Morgan fingerprint density at radius 3 is 2.91 bits per heavy atom. The SMILES string of the molecule is Cc1cc(C[C@@H]2CN(C(=O)c3ccccc3Cl)C[C@@H]2O)on1. The minimum Gasteiger partial charge on any atom is -0.391 e. The first-order valence-corrected chi connectivity index (χ1v) is 7.56. The number of likely N-dealkylation sites (tertiary alicyclic amines) is 1. The fourth-order valence-electron chi connectivity index (χ4n) is 2.80. The van der Waals surface area contributed by atoms with Gasteiger partial charge >= 0.3 is 0 Å². The maximum Gasteiger partial charge on any atom is 0.255 e. The van der Waals surface area contributed by atoms with E-state index in [-0.39, 0.29) is 11.8 Å². The Bertz CT molecular complexity index is 686. The number of aryl methyl sites for hydroxylation is 1. The van der Waals surface area contributed by atoms with E-state index in [4.69, 9.17) is 16.1 Å². The van der Waals surface area contributed by atoms with Crippen molar-refractivity contribution >= 4 is 17.5 Å². The Kier molecular flexibility index (Phi) is 4.18. The summed E-state index contributed by atoms with van der Waals surface area (Å²) >= 11 is 6.07. The van der Waals surface area contributed by atoms with Gasteiger partial charge in [0.05, 0.1) is 22.4 Å². The Hall–Kier alpha value is -1.85. The molecule has 2 heterocycles. The molecule has 1 aliphatic heterocycles. The Balaban J connectivity index is 1.70. The third-order valence-electron chi connectivity index (χ3n) is 3.94. The van der Waals surface area contributed by atoms with Gasteiger partial charge in [-0.05, 0) is 19.1 Å². The van der Waals surface area contributed by atoms with Crippen molar-refractivity contribution in [3.05, 3.63) is 52.4 Å². The molecule has 5 nitrogen and oxygen atoms in total. The summed E-state index contributed by atoms with van der Waals surface area (Å²) < 4.78 is 5.19. The number of hydrogen-bond donors (Lipinski definition) is 1. The van der Waals surface area contributed by atoms with Crippen LogP contribution in [0.3, 0.4) is 0 Å². The Morgan fingerprint density at radius 2 is 2.23 bits per heavy atom. The first-order chi connectivity index (χ1) is 10.5. The standard InChI is InChI=1S/C16H17ClN2O3/c1-10-6-12(22-18-10)7-11-8-19(9-15(11)20)16(21)13-4-2-3-5-14(13)17/h2-6,11,15,20H,7-9H2,1H3/t11-,15+/m1/s1. The van der Waals surface area contributed by atoms with E-state index < -0.39 is 6.10 Å². The fourth-order valence-corrected chi connectivity index (χ4v) is 3.01. The summed E-state index contributed by atoms with van der Waals surface area (Å²) in [5, 5.41) is 14.5. The number of rotatable bonds is 3. The molecule has 0 bridgehead atoms. The van der Waals surface area contributed by atoms with E-state index in [1.807, 2.05) is 13.0 Å². The maximum absolute atomic E-state index is 12.5. The van der Waals surface area contributed by atoms with Crippen LogP contribution in [0.25, 0.3) is 0 Å². The van der Waals surface area contributed by atoms with E-state index in [0.717, 1.165) is 11.5 Å². The summed E-state index contributed by atoms with van der Waals surface area (Å²) in [6, 6.07) is 8.80. The van der Waals surface area contributed by atoms with Crippen molar-refractivity contribution in [2.45, 2.75) is 19.4 Å². The van der Waals surface area contributed by atoms with Gasteiger partial charge in [-0.2, -0.15) is 0 Å². The molecular formula is C16H17ClN2O3. The Morgan fingerprint density at radius 1 is 1.45 bits per heavy atom. The van der Waals surface area contributed by atoms with Crippen LogP contribution in [0.1, 0.15) is 21.8 Å². The number of halogens is 1. The quantitative estimate of drug-likeness (QED) is 0.942. The zero-order valence-electron chi connectivity index (χ0n) is 12.2. The summed E-state index contributed by atoms with van der Waals surface area (Å²) in [6.45, 7) is 2.64. The van der Waals surface area contributed by atoms with E-state index in [2.05, 4.69) is 5.16 Å². The lowest BCUT2D eigenvalue weighted by Crippen LogP contribution is -2.29. The molecule has 3 rings (SSSR count). The second-order valence-corrected chi connectivity index (χ2v) is 6.06. The highest BCUT2D eigenvalue weighted by atomic mass is 35.5. The number of carbonyl (C=O) groups excluding carboxylic acids is 1. The van der Waals surface area contributed by atoms with Crippen LogP contribution >= 0.6 is 11.6 Å². The average molecular weight is 321 g/mol. The molecule has 0 unspecified atom stereocenters. The van der Waals surface area contributed by atoms with Crippen molar-refractivity contribution in [2.75, 3.05) is 13.1 Å². The summed E-state index contributed by atoms with van der Waals surface area (Å²) in [4.78, 5) is 14.1. The van der Waals surface area contributed by atoms with Crippen LogP contribution in [-0.4, -0.2) is 40.3 Å². The summed E-state index contributed by atoms with van der Waals surface area (Å²) in [5.74, 6) is 0.522. The molecule has 0 saturated carbocycles. The second kappa shape index (κ2) is 6.10. The maximum atomic E-state index is 12.5. The van der Waals surface area contributed by atoms with Crippen LogP contribution in [0, 0.1) is 12.8 Å². The van der Waals surface area contributed by atoms with Gasteiger partial charge in [0.1, 0.15) is 5.76 Å². The van der Waals surface area contributed by atoms with Crippen molar-refractivity contribution in [3.63, 3.8) is 0 Å². The molecule has 116 valence electrons. The number of nitrogens with zero attached hydrogens (tertiary/aromatic N) is 2. The van der Waals surface area contributed by atoms with E-state index >= 15 is 0 Å². The highest BCUT2D eigenvalue weighted by Crippen LogP contribution is 2.25. The molecule has 1 N–H and O–H groups in total. The van der Waals surface area contributed by atoms with Gasteiger partial charge in [-0.15, -0.1) is 0 Å². The Labute approximate surface area is 133 Å². The lowest BCUT2D eigenvalue weighted by molar-refractivity contribution is 0.0765. The molecule has 0 aliphatic carbocycles. The smallest absolute Gasteiger partial charge is 0.255 e. The van der Waals surface area contributed by atoms with Crippen molar-refractivity contribution in [3.8, 4) is 0 Å². The van der Waals surface area contributed by atoms with E-state index in [1.165, 1.54) is 0 Å². The zero-order valence-corrected chi connectivity index (χ0v) is 13.0. The molecule has 1 saturated heterocycles. The van der Waals surface area contributed by atoms with Gasteiger partial charge in [-0.1, -0.05) is 28.9 Å². The molecule has 1 aliphatic rings. The molecular weight excluding hydrogens is 304 g/mol. The minimum absolute atomic E-state index is 0.0567. The van der Waals surface area contributed by atoms with Crippen LogP contribution in [0.5, 0.6) is 0 Å². The summed E-state index contributed by atoms with van der Waals surface area (Å²) in [5.41, 5.74) is 1.28. The van der Waals surface area contributed by atoms with Gasteiger partial charge in [0, 0.05) is 31.5 Å². The van der Waals surface area contributed by atoms with Gasteiger partial charge in [-0.25, -0.2) is 0 Å². The molecule has 1 aromatic heterocycles. The fraction of sp³-hybridized carbons (Fsp3) is 0.375. The molecule has 2 aromatic rings. The van der Waals surface area contributed by atoms with Crippen LogP contribution < -0.4 is 0 Å². The van der Waals surface area contributed by atoms with E-state index in [9.17, 15) is 9.90 Å². The van der Waals surface area contributed by atoms with Crippen LogP contribution in [-0.2, 0) is 6.42 Å². The molecule has 22 heavy (non-hydrogen) atoms. The van der Waals surface area contributed by atoms with Crippen molar-refractivity contribution in [1.29, 1.82) is 0 Å². The lowest BCUT2D eigenvalue weighted by Gasteiger charge is -2.16. The van der Waals surface area contributed by atoms with Crippen LogP contribution in [0.4, 0.5) is 0 Å². The number of amides is 1. The highest BCUT2D eigenvalue weighted by molar-refractivity contribution is 6.33. The number of aromatic nitrogens is 1. The number of aliphatic hydroxyl groups excluding tert-OH is 1. The van der Waals surface area contributed by atoms with Gasteiger partial charge in [0.2, 0.25) is 0 Å². The molecule has 1 aromatic carbocycles. The molecule has 0 spiro atoms. The zero-order chi connectivity index (χ0) is 15.7. The molecule has 1 fully saturated rings. The van der Waals surface area contributed by atoms with E-state index in [1.54, 1.807) is 29.2 Å². The predicted molar refractivity (Wildman–Crippen MR) is 81.8 cm³/mol. The number of β-amino-alcohol motifs (C(OH)–C–C–N with tert-alkyl or cyclic N) is 1. The second-order valence-electron chi connectivity index (χ2n) is 5.66. The number of hydrogen-bond acceptors (Lipinski definition) is 4. The monoisotopic (exact) mass is 320 g/mol. The molecule has 1 amide bonds. The number of aliphatic hydroxyl groups is 1. The van der Waals surface area contributed by atoms with Crippen molar-refractivity contribution < 1.29 is 14.4 Å². The highest BCUT2D eigenvalue weighted by Gasteiger charge is 2.35. The van der Waals surface area contributed by atoms with Gasteiger partial charge in [-0.3, -0.25) is 4.79 Å². The predicted octanol–water partition coefficient (Wildman–Crippen LogP) is 2.31. The third kappa shape index (κ3) is 3.00. The molecule has 2 atom stereocenters. The summed E-state index contributed by atoms with van der Waals surface area (Å²) in [6.07, 6.45) is -0.00857. The lowest BCUT2D eigenvalue weighted by atomic mass is 10.0. The van der Waals surface area contributed by atoms with Gasteiger partial charge < -0.3 is 14.5 Å². The average Bonchev–Trinajstić information content (AvgIpc) is 3.06. The first kappa shape index (κ1) is 15.1. The third-order valence-corrected chi connectivity index (χ3v) is 4.27. The topological polar surface area (TPSA) is 66.6 Å². The van der Waals surface area contributed by atoms with Gasteiger partial charge in [0.15, 0.2) is 0 Å². The number of carbonyl (C=O) groups is 1. The van der Waals surface area contributed by atoms with E-state index in [0.29, 0.717) is 30.1 Å². The minimum atomic E-state index is -0.572. The van der Waals surface area contributed by atoms with Crippen molar-refractivity contribution in [2.24, 2.45) is 5.92 Å². The first-order valence-electron chi connectivity index (χ1n) is 7.18. The molecule has 6 heteroatoms. The normalized spacial score (nSPS) is 21.3. The summed E-state index contributed by atoms with van der Waals surface area (Å²) in [7, 11) is 0. The van der Waals surface area contributed by atoms with Gasteiger partial charge in [0.25, 0.3) is 5.91 Å². The molecule has 0 radical (unpaired) electrons. The van der Waals surface area contributed by atoms with Crippen molar-refractivity contribution in [1.82, 2.24) is 10.1 Å². The van der Waals surface area contributed by atoms with Crippen LogP contribution in [0.15, 0.2) is 34.9 Å². The van der Waals surface area contributed by atoms with Crippen LogP contribution in [0.2, 0.25) is 5.02 Å². The largest absolute Gasteiger partial charge is 0.391 e.